The van der Waals surface area contributed by atoms with Crippen molar-refractivity contribution in [2.45, 2.75) is 19.3 Å². The Bertz CT molecular complexity index is 542. The minimum atomic E-state index is 0.536. The van der Waals surface area contributed by atoms with E-state index in [0.717, 1.165) is 33.0 Å². The molecule has 0 spiro atoms. The molecular formula is C13H14BrClN2S. The van der Waals surface area contributed by atoms with Crippen LogP contribution in [0.15, 0.2) is 28.1 Å². The summed E-state index contributed by atoms with van der Waals surface area (Å²) >= 11 is 11.1. The Kier molecular flexibility index (Phi) is 4.65. The van der Waals surface area contributed by atoms with Crippen LogP contribution in [0, 0.1) is 6.92 Å². The maximum absolute atomic E-state index is 5.82. The van der Waals surface area contributed by atoms with Gasteiger partial charge in [0, 0.05) is 22.8 Å². The zero-order chi connectivity index (χ0) is 13.1. The van der Waals surface area contributed by atoms with Gasteiger partial charge in [0.15, 0.2) is 0 Å². The number of hydrogen-bond acceptors (Lipinski definition) is 3. The second-order valence-electron chi connectivity index (χ2n) is 4.13. The number of alkyl halides is 1. The molecule has 18 heavy (non-hydrogen) atoms. The summed E-state index contributed by atoms with van der Waals surface area (Å²) in [6.07, 6.45) is 0. The van der Waals surface area contributed by atoms with Crippen molar-refractivity contribution in [3.63, 3.8) is 0 Å². The van der Waals surface area contributed by atoms with E-state index in [-0.39, 0.29) is 0 Å². The average molecular weight is 346 g/mol. The van der Waals surface area contributed by atoms with Crippen LogP contribution in [0.1, 0.15) is 16.3 Å². The third kappa shape index (κ3) is 3.25. The van der Waals surface area contributed by atoms with E-state index in [1.54, 1.807) is 11.3 Å². The molecule has 2 rings (SSSR count). The number of anilines is 1. The molecule has 96 valence electrons. The van der Waals surface area contributed by atoms with Crippen LogP contribution < -0.4 is 4.90 Å². The van der Waals surface area contributed by atoms with Gasteiger partial charge in [-0.3, -0.25) is 0 Å². The first-order valence-electron chi connectivity index (χ1n) is 5.56. The molecule has 1 aromatic carbocycles. The molecule has 0 amide bonds. The van der Waals surface area contributed by atoms with E-state index in [1.807, 2.05) is 6.92 Å². The molecule has 0 unspecified atom stereocenters. The Balaban J connectivity index is 2.15. The lowest BCUT2D eigenvalue weighted by Gasteiger charge is -2.20. The molecule has 0 bridgehead atoms. The first kappa shape index (κ1) is 13.8. The highest BCUT2D eigenvalue weighted by molar-refractivity contribution is 9.10. The molecule has 0 N–H and O–H groups in total. The largest absolute Gasteiger partial charge is 0.368 e. The Morgan fingerprint density at radius 2 is 2.22 bits per heavy atom. The van der Waals surface area contributed by atoms with E-state index >= 15 is 0 Å². The van der Waals surface area contributed by atoms with Crippen molar-refractivity contribution in [2.24, 2.45) is 0 Å². The highest BCUT2D eigenvalue weighted by Gasteiger charge is 2.08. The Morgan fingerprint density at radius 1 is 1.44 bits per heavy atom. The summed E-state index contributed by atoms with van der Waals surface area (Å²) in [6.45, 7) is 2.84. The molecule has 0 aliphatic heterocycles. The molecule has 1 heterocycles. The zero-order valence-corrected chi connectivity index (χ0v) is 13.4. The van der Waals surface area contributed by atoms with Crippen molar-refractivity contribution in [1.29, 1.82) is 0 Å². The van der Waals surface area contributed by atoms with Gasteiger partial charge in [-0.1, -0.05) is 6.07 Å². The van der Waals surface area contributed by atoms with Crippen molar-refractivity contribution >= 4 is 44.6 Å². The second-order valence-corrected chi connectivity index (χ2v) is 6.32. The molecule has 1 aromatic heterocycles. The van der Waals surface area contributed by atoms with Gasteiger partial charge in [-0.2, -0.15) is 0 Å². The van der Waals surface area contributed by atoms with Gasteiger partial charge >= 0.3 is 0 Å². The van der Waals surface area contributed by atoms with E-state index in [2.05, 4.69) is 56.4 Å². The minimum absolute atomic E-state index is 0.536. The molecule has 0 fully saturated rings. The molecule has 2 aromatic rings. The number of benzene rings is 1. The summed E-state index contributed by atoms with van der Waals surface area (Å²) in [7, 11) is 2.06. The van der Waals surface area contributed by atoms with E-state index in [0.29, 0.717) is 5.88 Å². The van der Waals surface area contributed by atoms with Gasteiger partial charge in [0.25, 0.3) is 0 Å². The SMILES string of the molecule is Cc1nc(CN(C)c2ccc(CCl)cc2Br)cs1. The van der Waals surface area contributed by atoms with E-state index < -0.39 is 0 Å². The highest BCUT2D eigenvalue weighted by atomic mass is 79.9. The molecule has 5 heteroatoms. The lowest BCUT2D eigenvalue weighted by Crippen LogP contribution is -2.17. The lowest BCUT2D eigenvalue weighted by atomic mass is 10.2. The van der Waals surface area contributed by atoms with Crippen LogP contribution in [0.3, 0.4) is 0 Å². The number of hydrogen-bond donors (Lipinski definition) is 0. The summed E-state index contributed by atoms with van der Waals surface area (Å²) in [5.74, 6) is 0.536. The van der Waals surface area contributed by atoms with Crippen molar-refractivity contribution in [3.8, 4) is 0 Å². The van der Waals surface area contributed by atoms with Gasteiger partial charge in [0.1, 0.15) is 0 Å². The minimum Gasteiger partial charge on any atom is -0.368 e. The standard InChI is InChI=1S/C13H14BrClN2S/c1-9-16-11(8-18-9)7-17(2)13-4-3-10(6-15)5-12(13)14/h3-5,8H,6-7H2,1-2H3. The number of rotatable bonds is 4. The third-order valence-corrected chi connectivity index (χ3v) is 4.41. The lowest BCUT2D eigenvalue weighted by molar-refractivity contribution is 0.887. The molecule has 0 aliphatic carbocycles. The first-order chi connectivity index (χ1) is 8.60. The van der Waals surface area contributed by atoms with Crippen LogP contribution in [0.5, 0.6) is 0 Å². The highest BCUT2D eigenvalue weighted by Crippen LogP contribution is 2.28. The normalized spacial score (nSPS) is 10.7. The fourth-order valence-corrected chi connectivity index (χ4v) is 3.25. The fraction of sp³-hybridized carbons (Fsp3) is 0.308. The summed E-state index contributed by atoms with van der Waals surface area (Å²) in [5, 5.41) is 3.21. The predicted octanol–water partition coefficient (Wildman–Crippen LogP) is 4.59. The number of halogens is 2. The maximum atomic E-state index is 5.82. The number of aryl methyl sites for hydroxylation is 1. The van der Waals surface area contributed by atoms with Gasteiger partial charge in [-0.25, -0.2) is 4.98 Å². The molecular weight excluding hydrogens is 332 g/mol. The predicted molar refractivity (Wildman–Crippen MR) is 82.7 cm³/mol. The van der Waals surface area contributed by atoms with Crippen molar-refractivity contribution < 1.29 is 0 Å². The van der Waals surface area contributed by atoms with E-state index in [1.165, 1.54) is 0 Å². The Labute approximate surface area is 125 Å². The summed E-state index contributed by atoms with van der Waals surface area (Å²) in [6, 6.07) is 6.20. The number of aromatic nitrogens is 1. The summed E-state index contributed by atoms with van der Waals surface area (Å²) in [5.41, 5.74) is 3.37. The maximum Gasteiger partial charge on any atom is 0.0898 e. The molecule has 0 saturated heterocycles. The molecule has 0 atom stereocenters. The Hall–Kier alpha value is -0.580. The topological polar surface area (TPSA) is 16.1 Å². The van der Waals surface area contributed by atoms with Crippen LogP contribution in [0.25, 0.3) is 0 Å². The van der Waals surface area contributed by atoms with Gasteiger partial charge in [-0.05, 0) is 40.5 Å². The van der Waals surface area contributed by atoms with Gasteiger partial charge < -0.3 is 4.90 Å². The molecule has 0 saturated carbocycles. The van der Waals surface area contributed by atoms with Gasteiger partial charge in [-0.15, -0.1) is 22.9 Å². The number of thiazole rings is 1. The average Bonchev–Trinajstić information content (AvgIpc) is 2.74. The summed E-state index contributed by atoms with van der Waals surface area (Å²) < 4.78 is 1.06. The number of nitrogens with zero attached hydrogens (tertiary/aromatic N) is 2. The smallest absolute Gasteiger partial charge is 0.0898 e. The molecule has 2 nitrogen and oxygen atoms in total. The van der Waals surface area contributed by atoms with Crippen LogP contribution in [0.2, 0.25) is 0 Å². The van der Waals surface area contributed by atoms with Gasteiger partial charge in [0.05, 0.1) is 22.9 Å². The van der Waals surface area contributed by atoms with E-state index in [9.17, 15) is 0 Å². The van der Waals surface area contributed by atoms with Crippen LogP contribution in [0.4, 0.5) is 5.69 Å². The van der Waals surface area contributed by atoms with Crippen molar-refractivity contribution in [1.82, 2.24) is 4.98 Å². The molecule has 0 radical (unpaired) electrons. The van der Waals surface area contributed by atoms with E-state index in [4.69, 9.17) is 11.6 Å². The Morgan fingerprint density at radius 3 is 2.78 bits per heavy atom. The summed E-state index contributed by atoms with van der Waals surface area (Å²) in [4.78, 5) is 6.66. The van der Waals surface area contributed by atoms with Gasteiger partial charge in [0.2, 0.25) is 0 Å². The van der Waals surface area contributed by atoms with Crippen LogP contribution in [-0.2, 0) is 12.4 Å². The monoisotopic (exact) mass is 344 g/mol. The second kappa shape index (κ2) is 6.04. The van der Waals surface area contributed by atoms with Crippen LogP contribution in [-0.4, -0.2) is 12.0 Å². The van der Waals surface area contributed by atoms with Crippen molar-refractivity contribution in [3.05, 3.63) is 44.3 Å². The molecule has 0 aliphatic rings. The first-order valence-corrected chi connectivity index (χ1v) is 7.77. The quantitative estimate of drug-likeness (QED) is 0.753. The van der Waals surface area contributed by atoms with Crippen LogP contribution >= 0.6 is 38.9 Å². The van der Waals surface area contributed by atoms with Crippen molar-refractivity contribution in [2.75, 3.05) is 11.9 Å². The fourth-order valence-electron chi connectivity index (χ4n) is 1.75. The zero-order valence-electron chi connectivity index (χ0n) is 10.3. The third-order valence-electron chi connectivity index (χ3n) is 2.64.